The minimum atomic E-state index is -4.53. The molecule has 0 spiro atoms. The summed E-state index contributed by atoms with van der Waals surface area (Å²) < 4.78 is 42.5. The molecule has 1 atom stereocenters. The Balaban J connectivity index is 0.00000400. The third-order valence-electron chi connectivity index (χ3n) is 3.15. The first-order chi connectivity index (χ1) is 9.01. The van der Waals surface area contributed by atoms with Gasteiger partial charge in [0.15, 0.2) is 0 Å². The van der Waals surface area contributed by atoms with Crippen LogP contribution in [-0.2, 0) is 15.7 Å². The average Bonchev–Trinajstić information content (AvgIpc) is 2.34. The van der Waals surface area contributed by atoms with Crippen molar-refractivity contribution in [2.45, 2.75) is 26.1 Å². The van der Waals surface area contributed by atoms with Gasteiger partial charge in [-0.2, -0.15) is 13.2 Å². The summed E-state index contributed by atoms with van der Waals surface area (Å²) in [6, 6.07) is 2.35. The number of nitrogens with two attached hydrogens (primary N) is 1. The molecule has 0 aromatic heterocycles. The minimum Gasteiger partial charge on any atom is -0.469 e. The molecule has 21 heavy (non-hydrogen) atoms. The molecule has 0 heterocycles. The van der Waals surface area contributed by atoms with Crippen LogP contribution in [0.3, 0.4) is 0 Å². The first-order valence-electron chi connectivity index (χ1n) is 5.72. The lowest BCUT2D eigenvalue weighted by Gasteiger charge is -2.29. The number of carbonyl (C=O) groups excluding carboxylic acids is 1. The number of rotatable bonds is 3. The number of carbonyl (C=O) groups is 1. The highest BCUT2D eigenvalue weighted by molar-refractivity contribution is 6.31. The molecule has 0 radical (unpaired) electrons. The number of ether oxygens (including phenoxy) is 1. The van der Waals surface area contributed by atoms with E-state index in [1.54, 1.807) is 13.8 Å². The second-order valence-corrected chi connectivity index (χ2v) is 5.34. The number of benzene rings is 1. The summed E-state index contributed by atoms with van der Waals surface area (Å²) in [6.07, 6.45) is -4.53. The van der Waals surface area contributed by atoms with E-state index in [9.17, 15) is 18.0 Å². The number of hydrogen-bond acceptors (Lipinski definition) is 3. The normalized spacial score (nSPS) is 13.3. The lowest BCUT2D eigenvalue weighted by atomic mass is 9.81. The molecule has 1 aromatic carbocycles. The van der Waals surface area contributed by atoms with Crippen molar-refractivity contribution in [3.8, 4) is 0 Å². The van der Waals surface area contributed by atoms with E-state index in [4.69, 9.17) is 17.3 Å². The fourth-order valence-electron chi connectivity index (χ4n) is 1.76. The van der Waals surface area contributed by atoms with Gasteiger partial charge in [0, 0.05) is 6.04 Å². The van der Waals surface area contributed by atoms with Gasteiger partial charge in [0.25, 0.3) is 0 Å². The van der Waals surface area contributed by atoms with Crippen LogP contribution in [0.25, 0.3) is 0 Å². The molecule has 0 fully saturated rings. The van der Waals surface area contributed by atoms with Gasteiger partial charge in [0.2, 0.25) is 0 Å². The highest BCUT2D eigenvalue weighted by Crippen LogP contribution is 2.38. The Hall–Kier alpha value is -0.980. The quantitative estimate of drug-likeness (QED) is 0.843. The predicted molar refractivity (Wildman–Crippen MR) is 76.4 cm³/mol. The van der Waals surface area contributed by atoms with Crippen LogP contribution in [-0.4, -0.2) is 13.1 Å². The van der Waals surface area contributed by atoms with Gasteiger partial charge in [0.05, 0.1) is 23.1 Å². The van der Waals surface area contributed by atoms with Gasteiger partial charge >= 0.3 is 12.1 Å². The van der Waals surface area contributed by atoms with Crippen LogP contribution < -0.4 is 5.73 Å². The van der Waals surface area contributed by atoms with Gasteiger partial charge in [-0.3, -0.25) is 4.79 Å². The van der Waals surface area contributed by atoms with Crippen LogP contribution in [0.2, 0.25) is 5.02 Å². The van der Waals surface area contributed by atoms with Crippen LogP contribution in [0.1, 0.15) is 31.0 Å². The van der Waals surface area contributed by atoms with Crippen molar-refractivity contribution in [2.75, 3.05) is 7.11 Å². The van der Waals surface area contributed by atoms with Gasteiger partial charge in [0.1, 0.15) is 0 Å². The number of halogens is 5. The van der Waals surface area contributed by atoms with Crippen molar-refractivity contribution in [2.24, 2.45) is 11.1 Å². The summed E-state index contributed by atoms with van der Waals surface area (Å²) >= 11 is 5.63. The summed E-state index contributed by atoms with van der Waals surface area (Å²) in [4.78, 5) is 11.6. The molecule has 0 amide bonds. The number of alkyl halides is 3. The number of hydrogen-bond donors (Lipinski definition) is 1. The minimum absolute atomic E-state index is 0. The Bertz CT molecular complexity index is 519. The van der Waals surface area contributed by atoms with Crippen molar-refractivity contribution in [3.05, 3.63) is 34.3 Å². The highest BCUT2D eigenvalue weighted by Gasteiger charge is 2.38. The standard InChI is InChI=1S/C13H15ClF3NO2.ClH/c1-12(2,11(19)20-3)10(18)7-4-5-8(9(14)6-7)13(15,16)17;/h4-6,10H,18H2,1-3H3;1H/t10-;/m1./s1. The van der Waals surface area contributed by atoms with E-state index in [2.05, 4.69) is 4.74 Å². The molecular weight excluding hydrogens is 330 g/mol. The maximum atomic E-state index is 12.6. The van der Waals surface area contributed by atoms with Crippen molar-refractivity contribution in [3.63, 3.8) is 0 Å². The Morgan fingerprint density at radius 2 is 1.86 bits per heavy atom. The molecule has 3 nitrogen and oxygen atoms in total. The second kappa shape index (κ2) is 6.85. The molecule has 8 heteroatoms. The summed E-state index contributed by atoms with van der Waals surface area (Å²) in [5.41, 5.74) is 4.24. The van der Waals surface area contributed by atoms with E-state index in [1.807, 2.05) is 0 Å². The second-order valence-electron chi connectivity index (χ2n) is 4.93. The van der Waals surface area contributed by atoms with Gasteiger partial charge in [-0.15, -0.1) is 12.4 Å². The summed E-state index contributed by atoms with van der Waals surface area (Å²) in [6.45, 7) is 3.10. The zero-order chi connectivity index (χ0) is 15.7. The van der Waals surface area contributed by atoms with Crippen molar-refractivity contribution >= 4 is 30.0 Å². The van der Waals surface area contributed by atoms with E-state index in [0.29, 0.717) is 5.56 Å². The maximum absolute atomic E-state index is 12.6. The average molecular weight is 346 g/mol. The third-order valence-corrected chi connectivity index (χ3v) is 3.46. The van der Waals surface area contributed by atoms with Gasteiger partial charge in [-0.25, -0.2) is 0 Å². The number of esters is 1. The summed E-state index contributed by atoms with van der Waals surface area (Å²) in [5, 5.41) is -0.453. The van der Waals surface area contributed by atoms with E-state index in [-0.39, 0.29) is 12.4 Å². The molecular formula is C13H16Cl2F3NO2. The Morgan fingerprint density at radius 3 is 2.24 bits per heavy atom. The highest BCUT2D eigenvalue weighted by atomic mass is 35.5. The van der Waals surface area contributed by atoms with Crippen LogP contribution in [0, 0.1) is 5.41 Å². The Labute approximate surface area is 132 Å². The van der Waals surface area contributed by atoms with Crippen LogP contribution in [0.4, 0.5) is 13.2 Å². The lowest BCUT2D eigenvalue weighted by molar-refractivity contribution is -0.152. The zero-order valence-corrected chi connectivity index (χ0v) is 13.2. The van der Waals surface area contributed by atoms with E-state index in [0.717, 1.165) is 12.1 Å². The summed E-state index contributed by atoms with van der Waals surface area (Å²) in [5.74, 6) is -0.555. The van der Waals surface area contributed by atoms with Crippen molar-refractivity contribution in [1.82, 2.24) is 0 Å². The van der Waals surface area contributed by atoms with Crippen LogP contribution in [0.15, 0.2) is 18.2 Å². The fourth-order valence-corrected chi connectivity index (χ4v) is 2.06. The van der Waals surface area contributed by atoms with E-state index < -0.39 is 34.2 Å². The van der Waals surface area contributed by atoms with Gasteiger partial charge in [-0.1, -0.05) is 17.7 Å². The monoisotopic (exact) mass is 345 g/mol. The summed E-state index contributed by atoms with van der Waals surface area (Å²) in [7, 11) is 1.22. The largest absolute Gasteiger partial charge is 0.469 e. The molecule has 0 aliphatic heterocycles. The first-order valence-corrected chi connectivity index (χ1v) is 6.10. The molecule has 0 saturated heterocycles. The smallest absolute Gasteiger partial charge is 0.417 e. The van der Waals surface area contributed by atoms with Crippen molar-refractivity contribution < 1.29 is 22.7 Å². The van der Waals surface area contributed by atoms with E-state index in [1.165, 1.54) is 13.2 Å². The first kappa shape index (κ1) is 20.0. The maximum Gasteiger partial charge on any atom is 0.417 e. The zero-order valence-electron chi connectivity index (χ0n) is 11.6. The molecule has 120 valence electrons. The van der Waals surface area contributed by atoms with Gasteiger partial charge in [-0.05, 0) is 31.5 Å². The molecule has 1 aromatic rings. The van der Waals surface area contributed by atoms with Gasteiger partial charge < -0.3 is 10.5 Å². The predicted octanol–water partition coefficient (Wildman–Crippen LogP) is 3.98. The lowest BCUT2D eigenvalue weighted by Crippen LogP contribution is -2.37. The fraction of sp³-hybridized carbons (Fsp3) is 0.462. The SMILES string of the molecule is COC(=O)C(C)(C)[C@H](N)c1ccc(C(F)(F)F)c(Cl)c1.Cl. The van der Waals surface area contributed by atoms with Crippen molar-refractivity contribution in [1.29, 1.82) is 0 Å². The molecule has 0 saturated carbocycles. The Kier molecular flexibility index (Phi) is 6.53. The van der Waals surface area contributed by atoms with E-state index >= 15 is 0 Å². The molecule has 0 aliphatic rings. The van der Waals surface area contributed by atoms with Crippen LogP contribution >= 0.6 is 24.0 Å². The molecule has 0 aliphatic carbocycles. The van der Waals surface area contributed by atoms with Crippen LogP contribution in [0.5, 0.6) is 0 Å². The molecule has 0 unspecified atom stereocenters. The molecule has 2 N–H and O–H groups in total. The number of methoxy groups -OCH3 is 1. The topological polar surface area (TPSA) is 52.3 Å². The third kappa shape index (κ3) is 4.25. The molecule has 1 rings (SSSR count). The Morgan fingerprint density at radius 1 is 1.33 bits per heavy atom. The molecule has 0 bridgehead atoms.